The van der Waals surface area contributed by atoms with Crippen LogP contribution in [0.15, 0.2) is 63.7 Å². The number of esters is 1. The summed E-state index contributed by atoms with van der Waals surface area (Å²) < 4.78 is 23.2. The molecular formula is C20H16FNO5S. The van der Waals surface area contributed by atoms with Crippen LogP contribution in [0.2, 0.25) is 0 Å². The first-order chi connectivity index (χ1) is 13.4. The molecular weight excluding hydrogens is 385 g/mol. The van der Waals surface area contributed by atoms with Gasteiger partial charge in [0, 0.05) is 5.56 Å². The summed E-state index contributed by atoms with van der Waals surface area (Å²) in [7, 11) is 2.61. The molecule has 0 fully saturated rings. The Hall–Kier alpha value is -3.26. The van der Waals surface area contributed by atoms with E-state index in [2.05, 4.69) is 4.99 Å². The molecule has 0 radical (unpaired) electrons. The normalized spacial score (nSPS) is 16.7. The molecule has 6 nitrogen and oxygen atoms in total. The Morgan fingerprint density at radius 1 is 1.18 bits per heavy atom. The van der Waals surface area contributed by atoms with Crippen molar-refractivity contribution in [2.75, 3.05) is 14.2 Å². The van der Waals surface area contributed by atoms with Gasteiger partial charge in [-0.3, -0.25) is 0 Å². The van der Waals surface area contributed by atoms with Crippen LogP contribution in [0.1, 0.15) is 5.56 Å². The lowest BCUT2D eigenvalue weighted by atomic mass is 10.1. The van der Waals surface area contributed by atoms with Crippen molar-refractivity contribution in [3.05, 3.63) is 70.1 Å². The van der Waals surface area contributed by atoms with E-state index in [1.54, 1.807) is 24.3 Å². The Morgan fingerprint density at radius 3 is 2.61 bits per heavy atom. The molecule has 3 rings (SSSR count). The zero-order valence-corrected chi connectivity index (χ0v) is 15.8. The highest BCUT2D eigenvalue weighted by molar-refractivity contribution is 8.18. The second-order valence-corrected chi connectivity index (χ2v) is 6.65. The number of aromatic hydroxyl groups is 1. The number of hydrogen-bond donors (Lipinski definition) is 2. The first-order valence-corrected chi connectivity index (χ1v) is 8.88. The van der Waals surface area contributed by atoms with Crippen molar-refractivity contribution in [3.8, 4) is 11.5 Å². The summed E-state index contributed by atoms with van der Waals surface area (Å²) in [6.45, 7) is 0. The molecule has 2 aromatic rings. The van der Waals surface area contributed by atoms with E-state index in [1.807, 2.05) is 0 Å². The molecule has 1 aliphatic rings. The quantitative estimate of drug-likeness (QED) is 0.741. The lowest BCUT2D eigenvalue weighted by molar-refractivity contribution is -0.135. The summed E-state index contributed by atoms with van der Waals surface area (Å²) in [4.78, 5) is 16.7. The molecule has 0 unspecified atom stereocenters. The summed E-state index contributed by atoms with van der Waals surface area (Å²) in [6, 6.07) is 10.4. The molecule has 0 aliphatic carbocycles. The van der Waals surface area contributed by atoms with Crippen LogP contribution in [0.4, 0.5) is 10.1 Å². The predicted molar refractivity (Wildman–Crippen MR) is 105 cm³/mol. The van der Waals surface area contributed by atoms with Crippen LogP contribution in [-0.2, 0) is 9.53 Å². The van der Waals surface area contributed by atoms with Crippen molar-refractivity contribution in [2.24, 2.45) is 4.99 Å². The van der Waals surface area contributed by atoms with Crippen LogP contribution in [0, 0.1) is 5.82 Å². The van der Waals surface area contributed by atoms with E-state index < -0.39 is 11.8 Å². The van der Waals surface area contributed by atoms with Crippen LogP contribution in [0.25, 0.3) is 6.08 Å². The molecule has 1 heterocycles. The van der Waals surface area contributed by atoms with Gasteiger partial charge >= 0.3 is 5.97 Å². The SMILES string of the molecule is COC(=O)C1=C(O)/C(=C\c2cccc(OC)c2O)SC1=Nc1cccc(F)c1. The fraction of sp³-hybridized carbons (Fsp3) is 0.100. The van der Waals surface area contributed by atoms with Crippen molar-refractivity contribution in [1.29, 1.82) is 0 Å². The average molecular weight is 401 g/mol. The lowest BCUT2D eigenvalue weighted by Gasteiger charge is -2.06. The van der Waals surface area contributed by atoms with Crippen LogP contribution in [0.5, 0.6) is 11.5 Å². The number of aliphatic imine (C=N–C) groups is 1. The molecule has 0 aromatic heterocycles. The molecule has 0 saturated carbocycles. The lowest BCUT2D eigenvalue weighted by Crippen LogP contribution is -2.10. The highest BCUT2D eigenvalue weighted by Crippen LogP contribution is 2.42. The largest absolute Gasteiger partial charge is 0.506 e. The van der Waals surface area contributed by atoms with Crippen LogP contribution >= 0.6 is 11.8 Å². The maximum Gasteiger partial charge on any atom is 0.344 e. The van der Waals surface area contributed by atoms with Gasteiger partial charge in [0.05, 0.1) is 24.8 Å². The summed E-state index contributed by atoms with van der Waals surface area (Å²) >= 11 is 1.00. The number of benzene rings is 2. The number of halogens is 1. The Labute approximate surface area is 164 Å². The minimum absolute atomic E-state index is 0.110. The molecule has 2 aromatic carbocycles. The van der Waals surface area contributed by atoms with E-state index in [0.29, 0.717) is 5.56 Å². The molecule has 0 spiro atoms. The van der Waals surface area contributed by atoms with Crippen molar-refractivity contribution in [2.45, 2.75) is 0 Å². The van der Waals surface area contributed by atoms with Gasteiger partial charge in [-0.2, -0.15) is 0 Å². The van der Waals surface area contributed by atoms with Gasteiger partial charge in [0.25, 0.3) is 0 Å². The number of phenols is 1. The molecule has 0 amide bonds. The minimum atomic E-state index is -0.779. The minimum Gasteiger partial charge on any atom is -0.506 e. The zero-order valence-electron chi connectivity index (χ0n) is 15.0. The third kappa shape index (κ3) is 3.86. The van der Waals surface area contributed by atoms with Gasteiger partial charge in [0.15, 0.2) is 11.5 Å². The van der Waals surface area contributed by atoms with E-state index in [0.717, 1.165) is 11.8 Å². The predicted octanol–water partition coefficient (Wildman–Crippen LogP) is 4.34. The molecule has 28 heavy (non-hydrogen) atoms. The number of carbonyl (C=O) groups excluding carboxylic acids is 1. The number of nitrogens with zero attached hydrogens (tertiary/aromatic N) is 1. The molecule has 0 atom stereocenters. The molecule has 1 aliphatic heterocycles. The number of carbonyl (C=O) groups is 1. The fourth-order valence-corrected chi connectivity index (χ4v) is 3.54. The number of ether oxygens (including phenoxy) is 2. The van der Waals surface area contributed by atoms with Crippen molar-refractivity contribution in [1.82, 2.24) is 0 Å². The third-order valence-electron chi connectivity index (χ3n) is 3.86. The maximum absolute atomic E-state index is 13.4. The third-order valence-corrected chi connectivity index (χ3v) is 4.88. The monoisotopic (exact) mass is 401 g/mol. The van der Waals surface area contributed by atoms with Crippen molar-refractivity contribution in [3.63, 3.8) is 0 Å². The zero-order chi connectivity index (χ0) is 20.3. The van der Waals surface area contributed by atoms with E-state index in [1.165, 1.54) is 38.5 Å². The average Bonchev–Trinajstić information content (AvgIpc) is 2.98. The number of aliphatic hydroxyl groups excluding tert-OH is 1. The number of methoxy groups -OCH3 is 2. The summed E-state index contributed by atoms with van der Waals surface area (Å²) in [5, 5.41) is 21.0. The number of thioether (sulfide) groups is 1. The summed E-state index contributed by atoms with van der Waals surface area (Å²) in [5.41, 5.74) is 0.525. The first-order valence-electron chi connectivity index (χ1n) is 8.06. The number of rotatable bonds is 4. The summed E-state index contributed by atoms with van der Waals surface area (Å²) in [6.07, 6.45) is 1.49. The van der Waals surface area contributed by atoms with Gasteiger partial charge in [0.1, 0.15) is 22.2 Å². The topological polar surface area (TPSA) is 88.4 Å². The highest BCUT2D eigenvalue weighted by Gasteiger charge is 2.33. The number of hydrogen-bond acceptors (Lipinski definition) is 7. The van der Waals surface area contributed by atoms with E-state index in [-0.39, 0.29) is 38.5 Å². The standard InChI is InChI=1S/C20H16FNO5S/c1-26-14-8-3-5-11(17(14)23)9-15-18(24)16(20(25)27-2)19(28-15)22-13-7-4-6-12(21)10-13/h3-10,23-24H,1-2H3/b15-9+,22-19?. The van der Waals surface area contributed by atoms with Gasteiger partial charge in [0.2, 0.25) is 0 Å². The number of phenolic OH excluding ortho intramolecular Hbond substituents is 1. The van der Waals surface area contributed by atoms with E-state index in [4.69, 9.17) is 9.47 Å². The second-order valence-electron chi connectivity index (χ2n) is 5.62. The first kappa shape index (κ1) is 19.5. The van der Waals surface area contributed by atoms with E-state index in [9.17, 15) is 19.4 Å². The van der Waals surface area contributed by atoms with Gasteiger partial charge in [-0.1, -0.05) is 30.0 Å². The fourth-order valence-electron chi connectivity index (χ4n) is 2.52. The smallest absolute Gasteiger partial charge is 0.344 e. The second kappa shape index (κ2) is 8.18. The van der Waals surface area contributed by atoms with Crippen LogP contribution in [-0.4, -0.2) is 35.4 Å². The molecule has 0 bridgehead atoms. The molecule has 144 valence electrons. The Morgan fingerprint density at radius 2 is 1.93 bits per heavy atom. The Bertz CT molecular complexity index is 1030. The van der Waals surface area contributed by atoms with Crippen molar-refractivity contribution >= 4 is 34.5 Å². The molecule has 2 N–H and O–H groups in total. The van der Waals surface area contributed by atoms with Crippen molar-refractivity contribution < 1.29 is 28.9 Å². The Kier molecular flexibility index (Phi) is 5.70. The van der Waals surface area contributed by atoms with Gasteiger partial charge in [-0.15, -0.1) is 0 Å². The van der Waals surface area contributed by atoms with Crippen LogP contribution < -0.4 is 4.74 Å². The highest BCUT2D eigenvalue weighted by atomic mass is 32.2. The van der Waals surface area contributed by atoms with Gasteiger partial charge in [-0.05, 0) is 30.3 Å². The number of para-hydroxylation sites is 1. The van der Waals surface area contributed by atoms with Gasteiger partial charge in [-0.25, -0.2) is 14.2 Å². The Balaban J connectivity index is 2.08. The van der Waals surface area contributed by atoms with Gasteiger partial charge < -0.3 is 19.7 Å². The molecule has 8 heteroatoms. The summed E-state index contributed by atoms with van der Waals surface area (Å²) in [5.74, 6) is -1.44. The maximum atomic E-state index is 13.4. The molecule has 0 saturated heterocycles. The van der Waals surface area contributed by atoms with E-state index >= 15 is 0 Å². The van der Waals surface area contributed by atoms with Crippen LogP contribution in [0.3, 0.4) is 0 Å². The number of aliphatic hydroxyl groups is 1.